The minimum atomic E-state index is 0.810. The molecule has 164 valence electrons. The van der Waals surface area contributed by atoms with E-state index in [1.54, 1.807) is 0 Å². The Bertz CT molecular complexity index is 1220. The van der Waals surface area contributed by atoms with Crippen molar-refractivity contribution in [3.8, 4) is 0 Å². The van der Waals surface area contributed by atoms with Crippen LogP contribution in [0.25, 0.3) is 5.57 Å². The fourth-order valence-corrected chi connectivity index (χ4v) is 4.06. The van der Waals surface area contributed by atoms with Crippen LogP contribution in [0.3, 0.4) is 0 Å². The molecule has 0 fully saturated rings. The maximum atomic E-state index is 4.43. The van der Waals surface area contributed by atoms with Gasteiger partial charge >= 0.3 is 0 Å². The van der Waals surface area contributed by atoms with Gasteiger partial charge in [0.15, 0.2) is 0 Å². The monoisotopic (exact) mass is 430 g/mol. The van der Waals surface area contributed by atoms with Crippen molar-refractivity contribution >= 4 is 11.3 Å². The van der Waals surface area contributed by atoms with Gasteiger partial charge in [0.05, 0.1) is 0 Å². The molecule has 2 nitrogen and oxygen atoms in total. The van der Waals surface area contributed by atoms with Gasteiger partial charge in [-0.05, 0) is 60.4 Å². The summed E-state index contributed by atoms with van der Waals surface area (Å²) in [6.07, 6.45) is 20.4. The molecule has 0 amide bonds. The van der Waals surface area contributed by atoms with E-state index in [4.69, 9.17) is 0 Å². The molecule has 4 rings (SSSR count). The first-order valence-corrected chi connectivity index (χ1v) is 11.3. The third-order valence-electron chi connectivity index (χ3n) is 5.70. The maximum absolute atomic E-state index is 4.43. The molecular formula is C31H30N2. The lowest BCUT2D eigenvalue weighted by atomic mass is 10.0. The van der Waals surface area contributed by atoms with Crippen LogP contribution in [0.2, 0.25) is 0 Å². The first kappa shape index (κ1) is 22.2. The number of rotatable bonds is 6. The highest BCUT2D eigenvalue weighted by molar-refractivity contribution is 5.77. The van der Waals surface area contributed by atoms with E-state index in [-0.39, 0.29) is 0 Å². The fourth-order valence-electron chi connectivity index (χ4n) is 4.06. The second-order valence-electron chi connectivity index (χ2n) is 8.08. The van der Waals surface area contributed by atoms with E-state index < -0.39 is 0 Å². The smallest absolute Gasteiger partial charge is 0.0493 e. The second-order valence-corrected chi connectivity index (χ2v) is 8.08. The van der Waals surface area contributed by atoms with Crippen molar-refractivity contribution in [2.75, 3.05) is 4.90 Å². The van der Waals surface area contributed by atoms with E-state index in [0.717, 1.165) is 29.9 Å². The summed E-state index contributed by atoms with van der Waals surface area (Å²) >= 11 is 0. The van der Waals surface area contributed by atoms with Crippen LogP contribution in [0.4, 0.5) is 5.69 Å². The largest absolute Gasteiger partial charge is 0.356 e. The van der Waals surface area contributed by atoms with Crippen molar-refractivity contribution in [3.63, 3.8) is 0 Å². The number of hydrogen-bond acceptors (Lipinski definition) is 2. The molecule has 0 unspecified atom stereocenters. The van der Waals surface area contributed by atoms with Crippen molar-refractivity contribution in [2.24, 2.45) is 0 Å². The van der Waals surface area contributed by atoms with Gasteiger partial charge < -0.3 is 10.2 Å². The number of benzene rings is 2. The minimum absolute atomic E-state index is 0.810. The zero-order valence-electron chi connectivity index (χ0n) is 19.2. The normalized spacial score (nSPS) is 16.1. The van der Waals surface area contributed by atoms with E-state index in [0.29, 0.717) is 0 Å². The molecule has 0 bridgehead atoms. The van der Waals surface area contributed by atoms with E-state index in [9.17, 15) is 0 Å². The predicted octanol–water partition coefficient (Wildman–Crippen LogP) is 7.61. The molecule has 1 N–H and O–H groups in total. The Balaban J connectivity index is 1.60. The first-order valence-electron chi connectivity index (χ1n) is 11.3. The van der Waals surface area contributed by atoms with Crippen molar-refractivity contribution in [1.82, 2.24) is 5.32 Å². The average molecular weight is 431 g/mol. The molecule has 1 heterocycles. The van der Waals surface area contributed by atoms with E-state index >= 15 is 0 Å². The van der Waals surface area contributed by atoms with Gasteiger partial charge in [0.2, 0.25) is 0 Å². The molecule has 1 aliphatic heterocycles. The number of para-hydroxylation sites is 1. The molecule has 33 heavy (non-hydrogen) atoms. The Morgan fingerprint density at radius 1 is 0.970 bits per heavy atom. The molecular weight excluding hydrogens is 400 g/mol. The molecule has 2 aliphatic rings. The zero-order chi connectivity index (χ0) is 23.0. The van der Waals surface area contributed by atoms with Crippen molar-refractivity contribution in [3.05, 3.63) is 156 Å². The third kappa shape index (κ3) is 5.42. The van der Waals surface area contributed by atoms with Gasteiger partial charge in [-0.25, -0.2) is 0 Å². The summed E-state index contributed by atoms with van der Waals surface area (Å²) in [5, 5.41) is 3.41. The van der Waals surface area contributed by atoms with Crippen LogP contribution in [0, 0.1) is 0 Å². The molecule has 0 spiro atoms. The second kappa shape index (κ2) is 10.5. The van der Waals surface area contributed by atoms with Gasteiger partial charge in [-0.2, -0.15) is 0 Å². The lowest BCUT2D eigenvalue weighted by molar-refractivity contribution is 1.03. The number of fused-ring (bicyclic) bond motifs is 1. The summed E-state index contributed by atoms with van der Waals surface area (Å²) in [6.45, 7) is 10.5. The van der Waals surface area contributed by atoms with Crippen LogP contribution < -0.4 is 10.2 Å². The quantitative estimate of drug-likeness (QED) is 0.474. The van der Waals surface area contributed by atoms with Gasteiger partial charge in [-0.1, -0.05) is 92.1 Å². The van der Waals surface area contributed by atoms with Crippen LogP contribution in [0.5, 0.6) is 0 Å². The maximum Gasteiger partial charge on any atom is 0.0493 e. The number of hydrogen-bond donors (Lipinski definition) is 1. The molecule has 0 saturated heterocycles. The summed E-state index contributed by atoms with van der Waals surface area (Å²) in [7, 11) is 0. The topological polar surface area (TPSA) is 15.3 Å². The number of nitrogens with zero attached hydrogens (tertiary/aromatic N) is 1. The lowest BCUT2D eigenvalue weighted by Gasteiger charge is -2.29. The Hall–Kier alpha value is -4.04. The third-order valence-corrected chi connectivity index (χ3v) is 5.70. The molecule has 0 saturated carbocycles. The Morgan fingerprint density at radius 3 is 2.58 bits per heavy atom. The fraction of sp³-hybridized carbons (Fsp3) is 0.0968. The Labute approximate surface area is 197 Å². The molecule has 0 aromatic heterocycles. The molecule has 2 aromatic rings. The molecule has 0 radical (unpaired) electrons. The highest BCUT2D eigenvalue weighted by atomic mass is 15.2. The van der Waals surface area contributed by atoms with Crippen LogP contribution in [0.15, 0.2) is 145 Å². The SMILES string of the molecule is C=C(/C=C\C=C/C)NC1=CCc2ccccc2N(C2=CC=C(c3ccccc3)C2)C(=C)C=C1. The van der Waals surface area contributed by atoms with Crippen LogP contribution >= 0.6 is 0 Å². The van der Waals surface area contributed by atoms with Gasteiger partial charge in [0.25, 0.3) is 0 Å². The molecule has 2 heteroatoms. The van der Waals surface area contributed by atoms with Crippen LogP contribution in [-0.4, -0.2) is 0 Å². The van der Waals surface area contributed by atoms with Gasteiger partial charge in [0, 0.05) is 34.9 Å². The van der Waals surface area contributed by atoms with E-state index in [1.165, 1.54) is 28.1 Å². The summed E-state index contributed by atoms with van der Waals surface area (Å²) in [4.78, 5) is 2.29. The highest BCUT2D eigenvalue weighted by Gasteiger charge is 2.21. The molecule has 0 atom stereocenters. The number of nitrogens with one attached hydrogen (secondary N) is 1. The van der Waals surface area contributed by atoms with E-state index in [2.05, 4.69) is 108 Å². The van der Waals surface area contributed by atoms with Gasteiger partial charge in [-0.3, -0.25) is 0 Å². The summed E-state index contributed by atoms with van der Waals surface area (Å²) in [5.74, 6) is 0. The van der Waals surface area contributed by atoms with Crippen molar-refractivity contribution in [1.29, 1.82) is 0 Å². The predicted molar refractivity (Wildman–Crippen MR) is 142 cm³/mol. The van der Waals surface area contributed by atoms with Crippen molar-refractivity contribution in [2.45, 2.75) is 19.8 Å². The standard InChI is InChI=1S/C31H30N2/c1-4-5-7-12-24(2)32-29-20-17-25(3)33(31-16-11-10-15-27(31)18-21-29)30-22-19-28(23-30)26-13-8-6-9-14-26/h4-17,19-22,32H,2-3,18,23H2,1H3/b5-4-,12-7-,20-17?,29-21?. The van der Waals surface area contributed by atoms with Gasteiger partial charge in [0.1, 0.15) is 0 Å². The Morgan fingerprint density at radius 2 is 1.76 bits per heavy atom. The number of allylic oxidation sites excluding steroid dienone is 10. The Kier molecular flexibility index (Phi) is 7.06. The minimum Gasteiger partial charge on any atom is -0.356 e. The average Bonchev–Trinajstić information content (AvgIpc) is 3.33. The van der Waals surface area contributed by atoms with Crippen LogP contribution in [-0.2, 0) is 6.42 Å². The highest BCUT2D eigenvalue weighted by Crippen LogP contribution is 2.37. The summed E-state index contributed by atoms with van der Waals surface area (Å²) in [6, 6.07) is 19.1. The lowest BCUT2D eigenvalue weighted by Crippen LogP contribution is -2.21. The first-order chi connectivity index (χ1) is 16.2. The van der Waals surface area contributed by atoms with Gasteiger partial charge in [-0.15, -0.1) is 0 Å². The molecule has 2 aromatic carbocycles. The summed E-state index contributed by atoms with van der Waals surface area (Å²) in [5.41, 5.74) is 9.02. The van der Waals surface area contributed by atoms with Crippen LogP contribution in [0.1, 0.15) is 24.5 Å². The zero-order valence-corrected chi connectivity index (χ0v) is 19.2. The number of anilines is 1. The van der Waals surface area contributed by atoms with E-state index in [1.807, 2.05) is 31.2 Å². The van der Waals surface area contributed by atoms with Crippen molar-refractivity contribution < 1.29 is 0 Å². The summed E-state index contributed by atoms with van der Waals surface area (Å²) < 4.78 is 0. The molecule has 1 aliphatic carbocycles.